The molecule has 1 aliphatic carbocycles. The van der Waals surface area contributed by atoms with Gasteiger partial charge in [0.05, 0.1) is 0 Å². The largest absolute Gasteiger partial charge is 4.00 e. The van der Waals surface area contributed by atoms with E-state index in [1.165, 1.54) is 25.7 Å². The second kappa shape index (κ2) is 10.6. The van der Waals surface area contributed by atoms with E-state index in [0.717, 1.165) is 24.9 Å². The molecule has 22 heavy (non-hydrogen) atoms. The quantitative estimate of drug-likeness (QED) is 0.488. The maximum absolute atomic E-state index is 4.74. The Balaban J connectivity index is 0. The van der Waals surface area contributed by atoms with Crippen molar-refractivity contribution in [1.82, 2.24) is 0 Å². The molecule has 0 amide bonds. The van der Waals surface area contributed by atoms with E-state index >= 15 is 0 Å². The molecule has 0 aromatic carbocycles. The molecule has 0 heterocycles. The summed E-state index contributed by atoms with van der Waals surface area (Å²) in [5.41, 5.74) is 0.245. The summed E-state index contributed by atoms with van der Waals surface area (Å²) in [7, 11) is 0. The SMILES string of the molecule is C[C-]1C(CC[N-]C(C)(C)C)CCC1CC[N-]C(C)(C)C.[CH3-].[Zr+4]. The number of nitrogens with zero attached hydrogens (tertiary/aromatic N) is 2. The van der Waals surface area contributed by atoms with Crippen LogP contribution in [0.5, 0.6) is 0 Å². The Morgan fingerprint density at radius 1 is 0.818 bits per heavy atom. The van der Waals surface area contributed by atoms with Crippen molar-refractivity contribution in [3.8, 4) is 0 Å². The van der Waals surface area contributed by atoms with Gasteiger partial charge in [0.1, 0.15) is 0 Å². The van der Waals surface area contributed by atoms with E-state index < -0.39 is 0 Å². The van der Waals surface area contributed by atoms with E-state index in [2.05, 4.69) is 48.5 Å². The van der Waals surface area contributed by atoms with E-state index in [1.807, 2.05) is 0 Å². The Morgan fingerprint density at radius 2 is 1.14 bits per heavy atom. The average Bonchev–Trinajstić information content (AvgIpc) is 2.58. The van der Waals surface area contributed by atoms with Crippen molar-refractivity contribution in [3.63, 3.8) is 0 Å². The maximum Gasteiger partial charge on any atom is 4.00 e. The Hall–Kier alpha value is 0.803. The molecule has 0 aromatic heterocycles. The minimum atomic E-state index is 0. The fraction of sp³-hybridized carbons (Fsp3) is 0.895. The fourth-order valence-electron chi connectivity index (χ4n) is 3.05. The van der Waals surface area contributed by atoms with Gasteiger partial charge in [-0.3, -0.25) is 0 Å². The zero-order chi connectivity index (χ0) is 15.4. The normalized spacial score (nSPS) is 23.0. The third-order valence-corrected chi connectivity index (χ3v) is 4.28. The van der Waals surface area contributed by atoms with Crippen molar-refractivity contribution in [2.24, 2.45) is 11.8 Å². The molecular formula is C19H38N2Zr. The Kier molecular flexibility index (Phi) is 12.1. The standard InChI is InChI=1S/C18H35N2.CH3.Zr/c1-14-15(10-12-19-17(2,3)4)8-9-16(14)11-13-20-18(5,6)7;;/h15-16H,8-13H2,1-7H3;1H3;/q-3;-1;+4. The number of hydrogen-bond donors (Lipinski definition) is 0. The topological polar surface area (TPSA) is 28.2 Å². The molecule has 1 aliphatic rings. The summed E-state index contributed by atoms with van der Waals surface area (Å²) >= 11 is 0. The molecule has 2 nitrogen and oxygen atoms in total. The summed E-state index contributed by atoms with van der Waals surface area (Å²) in [6.45, 7) is 17.5. The van der Waals surface area contributed by atoms with Crippen LogP contribution in [0.1, 0.15) is 74.1 Å². The smallest absolute Gasteiger partial charge is 0.657 e. The summed E-state index contributed by atoms with van der Waals surface area (Å²) in [4.78, 5) is 0. The van der Waals surface area contributed by atoms with Gasteiger partial charge in [-0.2, -0.15) is 31.8 Å². The molecule has 0 radical (unpaired) electrons. The van der Waals surface area contributed by atoms with Crippen molar-refractivity contribution < 1.29 is 26.2 Å². The van der Waals surface area contributed by atoms with Crippen molar-refractivity contribution in [2.45, 2.75) is 85.2 Å². The average molecular weight is 386 g/mol. The predicted octanol–water partition coefficient (Wildman–Crippen LogP) is 6.18. The van der Waals surface area contributed by atoms with Gasteiger partial charge < -0.3 is 24.0 Å². The van der Waals surface area contributed by atoms with Crippen LogP contribution in [0.25, 0.3) is 10.6 Å². The minimum absolute atomic E-state index is 0. The van der Waals surface area contributed by atoms with Crippen LogP contribution in [0.2, 0.25) is 0 Å². The first-order valence-electron chi connectivity index (χ1n) is 8.29. The van der Waals surface area contributed by atoms with Gasteiger partial charge in [0.25, 0.3) is 0 Å². The first-order valence-corrected chi connectivity index (χ1v) is 8.29. The van der Waals surface area contributed by atoms with Crippen molar-refractivity contribution in [2.75, 3.05) is 13.1 Å². The molecule has 0 saturated heterocycles. The zero-order valence-corrected chi connectivity index (χ0v) is 18.7. The van der Waals surface area contributed by atoms with Gasteiger partial charge in [-0.05, 0) is 0 Å². The molecule has 0 N–H and O–H groups in total. The van der Waals surface area contributed by atoms with E-state index in [-0.39, 0.29) is 44.7 Å². The van der Waals surface area contributed by atoms with Crippen LogP contribution in [0.15, 0.2) is 0 Å². The van der Waals surface area contributed by atoms with E-state index in [1.54, 1.807) is 5.92 Å². The first kappa shape index (κ1) is 25.0. The molecule has 1 saturated carbocycles. The van der Waals surface area contributed by atoms with Gasteiger partial charge in [0, 0.05) is 0 Å². The Morgan fingerprint density at radius 3 is 1.41 bits per heavy atom. The number of hydrogen-bond acceptors (Lipinski definition) is 0. The van der Waals surface area contributed by atoms with E-state index in [4.69, 9.17) is 10.6 Å². The molecule has 1 rings (SSSR count). The first-order chi connectivity index (χ1) is 9.08. The molecule has 0 aliphatic heterocycles. The molecule has 0 spiro atoms. The van der Waals surface area contributed by atoms with Crippen LogP contribution in [0.4, 0.5) is 0 Å². The summed E-state index contributed by atoms with van der Waals surface area (Å²) in [6, 6.07) is 0. The summed E-state index contributed by atoms with van der Waals surface area (Å²) in [6.07, 6.45) is 5.23. The molecule has 0 bridgehead atoms. The van der Waals surface area contributed by atoms with Gasteiger partial charge in [0.15, 0.2) is 0 Å². The van der Waals surface area contributed by atoms with Gasteiger partial charge in [0.2, 0.25) is 0 Å². The van der Waals surface area contributed by atoms with Gasteiger partial charge >= 0.3 is 26.2 Å². The third-order valence-electron chi connectivity index (χ3n) is 4.28. The number of rotatable bonds is 6. The van der Waals surface area contributed by atoms with Crippen LogP contribution in [0, 0.1) is 25.2 Å². The second-order valence-electron chi connectivity index (χ2n) is 8.40. The van der Waals surface area contributed by atoms with Gasteiger partial charge in [-0.1, -0.05) is 67.2 Å². The minimum Gasteiger partial charge on any atom is -0.657 e. The predicted molar refractivity (Wildman–Crippen MR) is 96.7 cm³/mol. The van der Waals surface area contributed by atoms with Crippen LogP contribution >= 0.6 is 0 Å². The van der Waals surface area contributed by atoms with E-state index in [0.29, 0.717) is 0 Å². The molecule has 3 heteroatoms. The van der Waals surface area contributed by atoms with Crippen molar-refractivity contribution in [1.29, 1.82) is 0 Å². The molecule has 2 atom stereocenters. The molecular weight excluding hydrogens is 347 g/mol. The summed E-state index contributed by atoms with van der Waals surface area (Å²) < 4.78 is 0. The van der Waals surface area contributed by atoms with E-state index in [9.17, 15) is 0 Å². The summed E-state index contributed by atoms with van der Waals surface area (Å²) in [5, 5.41) is 9.48. The van der Waals surface area contributed by atoms with Crippen LogP contribution in [-0.2, 0) is 26.2 Å². The summed E-state index contributed by atoms with van der Waals surface area (Å²) in [5.74, 6) is 3.33. The van der Waals surface area contributed by atoms with Crippen molar-refractivity contribution >= 4 is 0 Å². The third kappa shape index (κ3) is 10.6. The second-order valence-corrected chi connectivity index (χ2v) is 8.40. The van der Waals surface area contributed by atoms with Crippen LogP contribution in [0.3, 0.4) is 0 Å². The Labute approximate surface area is 160 Å². The van der Waals surface area contributed by atoms with Gasteiger partial charge in [-0.15, -0.1) is 11.1 Å². The zero-order valence-electron chi connectivity index (χ0n) is 16.3. The Bertz CT molecular complexity index is 250. The fourth-order valence-corrected chi connectivity index (χ4v) is 3.05. The maximum atomic E-state index is 4.74. The van der Waals surface area contributed by atoms with Gasteiger partial charge in [-0.25, -0.2) is 0 Å². The van der Waals surface area contributed by atoms with Crippen LogP contribution < -0.4 is 0 Å². The molecule has 0 aromatic rings. The molecule has 1 fully saturated rings. The molecule has 2 unspecified atom stereocenters. The monoisotopic (exact) mass is 384 g/mol. The molecule has 128 valence electrons. The van der Waals surface area contributed by atoms with Crippen molar-refractivity contribution in [3.05, 3.63) is 24.0 Å². The van der Waals surface area contributed by atoms with Crippen LogP contribution in [-0.4, -0.2) is 24.2 Å².